The highest BCUT2D eigenvalue weighted by Crippen LogP contribution is 2.26. The summed E-state index contributed by atoms with van der Waals surface area (Å²) in [5.74, 6) is -1.60. The highest BCUT2D eigenvalue weighted by Gasteiger charge is 2.33. The highest BCUT2D eigenvalue weighted by molar-refractivity contribution is 6.41. The van der Waals surface area contributed by atoms with E-state index in [-0.39, 0.29) is 11.6 Å². The smallest absolute Gasteiger partial charge is 0.316 e. The maximum Gasteiger partial charge on any atom is 0.316 e. The van der Waals surface area contributed by atoms with Gasteiger partial charge in [0.15, 0.2) is 0 Å². The Morgan fingerprint density at radius 3 is 2.45 bits per heavy atom. The molecule has 2 aromatic carbocycles. The van der Waals surface area contributed by atoms with Crippen molar-refractivity contribution in [1.82, 2.24) is 4.90 Å². The van der Waals surface area contributed by atoms with Gasteiger partial charge >= 0.3 is 11.8 Å². The number of hydrogen-bond donors (Lipinski definition) is 0. The van der Waals surface area contributed by atoms with Gasteiger partial charge in [-0.1, -0.05) is 23.7 Å². The molecule has 152 valence electrons. The second kappa shape index (κ2) is 8.39. The number of anilines is 2. The van der Waals surface area contributed by atoms with Crippen LogP contribution in [-0.4, -0.2) is 56.1 Å². The van der Waals surface area contributed by atoms with Crippen LogP contribution in [0.5, 0.6) is 0 Å². The average Bonchev–Trinajstić information content (AvgIpc) is 2.74. The lowest BCUT2D eigenvalue weighted by molar-refractivity contribution is -0.146. The number of hydrogen-bond acceptors (Lipinski definition) is 4. The molecule has 2 aliphatic heterocycles. The number of nitrogens with zero attached hydrogens (tertiary/aromatic N) is 3. The summed E-state index contributed by atoms with van der Waals surface area (Å²) in [6, 6.07) is 11.7. The second-order valence-corrected chi connectivity index (χ2v) is 7.45. The molecule has 8 heteroatoms. The third-order valence-electron chi connectivity index (χ3n) is 5.20. The molecular weight excluding hydrogens is 397 g/mol. The van der Waals surface area contributed by atoms with Crippen LogP contribution >= 0.6 is 11.6 Å². The fraction of sp³-hybridized carbons (Fsp3) is 0.333. The molecule has 0 aromatic heterocycles. The van der Waals surface area contributed by atoms with Gasteiger partial charge in [-0.3, -0.25) is 9.59 Å². The van der Waals surface area contributed by atoms with E-state index in [2.05, 4.69) is 4.90 Å². The minimum absolute atomic E-state index is 0.172. The molecule has 4 rings (SSSR count). The summed E-state index contributed by atoms with van der Waals surface area (Å²) < 4.78 is 18.6. The third kappa shape index (κ3) is 4.21. The lowest BCUT2D eigenvalue weighted by atomic mass is 10.1. The van der Waals surface area contributed by atoms with Gasteiger partial charge in [0.25, 0.3) is 0 Å². The largest absolute Gasteiger partial charge is 0.378 e. The molecule has 0 radical (unpaired) electrons. The van der Waals surface area contributed by atoms with Gasteiger partial charge in [0.1, 0.15) is 5.82 Å². The van der Waals surface area contributed by atoms with Crippen molar-refractivity contribution >= 4 is 34.8 Å². The van der Waals surface area contributed by atoms with E-state index < -0.39 is 17.6 Å². The van der Waals surface area contributed by atoms with Crippen LogP contribution in [0.1, 0.15) is 5.56 Å². The highest BCUT2D eigenvalue weighted by atomic mass is 35.5. The molecular formula is C21H21ClFN3O3. The van der Waals surface area contributed by atoms with E-state index in [9.17, 15) is 14.0 Å². The first-order chi connectivity index (χ1) is 14.0. The minimum Gasteiger partial charge on any atom is -0.378 e. The predicted octanol–water partition coefficient (Wildman–Crippen LogP) is 2.69. The number of carbonyl (C=O) groups excluding carboxylic acids is 2. The Kier molecular flexibility index (Phi) is 5.69. The molecule has 2 fully saturated rings. The Bertz CT molecular complexity index is 933. The number of carbonyl (C=O) groups is 2. The molecule has 0 N–H and O–H groups in total. The number of halogens is 2. The summed E-state index contributed by atoms with van der Waals surface area (Å²) >= 11 is 6.06. The van der Waals surface area contributed by atoms with E-state index in [1.807, 2.05) is 24.3 Å². The number of benzene rings is 2. The van der Waals surface area contributed by atoms with E-state index >= 15 is 0 Å². The van der Waals surface area contributed by atoms with E-state index in [0.717, 1.165) is 18.8 Å². The normalized spacial score (nSPS) is 17.8. The molecule has 0 saturated carbocycles. The zero-order valence-corrected chi connectivity index (χ0v) is 16.6. The summed E-state index contributed by atoms with van der Waals surface area (Å²) in [7, 11) is 0. The number of rotatable bonds is 4. The summed E-state index contributed by atoms with van der Waals surface area (Å²) in [5, 5.41) is 0.242. The maximum atomic E-state index is 13.2. The van der Waals surface area contributed by atoms with E-state index in [0.29, 0.717) is 37.6 Å². The monoisotopic (exact) mass is 417 g/mol. The topological polar surface area (TPSA) is 53.1 Å². The Labute approximate surface area is 173 Å². The van der Waals surface area contributed by atoms with Crippen LogP contribution in [0.3, 0.4) is 0 Å². The zero-order chi connectivity index (χ0) is 20.4. The van der Waals surface area contributed by atoms with Crippen molar-refractivity contribution in [2.24, 2.45) is 0 Å². The molecule has 2 saturated heterocycles. The van der Waals surface area contributed by atoms with Gasteiger partial charge in [0.2, 0.25) is 0 Å². The molecule has 2 aliphatic rings. The van der Waals surface area contributed by atoms with Gasteiger partial charge in [0, 0.05) is 49.1 Å². The van der Waals surface area contributed by atoms with Crippen LogP contribution in [0.15, 0.2) is 42.5 Å². The molecule has 0 bridgehead atoms. The predicted molar refractivity (Wildman–Crippen MR) is 109 cm³/mol. The van der Waals surface area contributed by atoms with Gasteiger partial charge in [0.05, 0.1) is 13.2 Å². The lowest BCUT2D eigenvalue weighted by Gasteiger charge is -2.35. The first-order valence-corrected chi connectivity index (χ1v) is 9.88. The van der Waals surface area contributed by atoms with Gasteiger partial charge in [-0.2, -0.15) is 0 Å². The molecule has 2 amide bonds. The van der Waals surface area contributed by atoms with Crippen molar-refractivity contribution in [2.45, 2.75) is 6.54 Å². The van der Waals surface area contributed by atoms with E-state index in [1.165, 1.54) is 28.0 Å². The Morgan fingerprint density at radius 2 is 1.69 bits per heavy atom. The van der Waals surface area contributed by atoms with Crippen LogP contribution < -0.4 is 9.80 Å². The standard InChI is InChI=1S/C21H21ClFN3O3/c22-19-12-16(23)5-4-15(19)14-25-6-7-26(21(28)20(25)27)18-3-1-2-17(13-18)24-8-10-29-11-9-24/h1-5,12-13H,6-11,14H2. The fourth-order valence-corrected chi connectivity index (χ4v) is 3.83. The number of ether oxygens (including phenoxy) is 1. The number of amides is 2. The first kappa shape index (κ1) is 19.7. The van der Waals surface area contributed by atoms with Gasteiger partial charge < -0.3 is 19.4 Å². The molecule has 0 aliphatic carbocycles. The number of piperazine rings is 1. The molecule has 6 nitrogen and oxygen atoms in total. The average molecular weight is 418 g/mol. The van der Waals surface area contributed by atoms with E-state index in [4.69, 9.17) is 16.3 Å². The first-order valence-electron chi connectivity index (χ1n) is 9.50. The van der Waals surface area contributed by atoms with Crippen LogP contribution in [-0.2, 0) is 20.9 Å². The van der Waals surface area contributed by atoms with Crippen molar-refractivity contribution in [3.8, 4) is 0 Å². The summed E-state index contributed by atoms with van der Waals surface area (Å²) in [6.45, 7) is 3.87. The second-order valence-electron chi connectivity index (χ2n) is 7.04. The van der Waals surface area contributed by atoms with Crippen LogP contribution in [0.2, 0.25) is 5.02 Å². The lowest BCUT2D eigenvalue weighted by Crippen LogP contribution is -2.54. The molecule has 0 unspecified atom stereocenters. The van der Waals surface area contributed by atoms with Crippen LogP contribution in [0.25, 0.3) is 0 Å². The van der Waals surface area contributed by atoms with Crippen molar-refractivity contribution in [1.29, 1.82) is 0 Å². The summed E-state index contributed by atoms with van der Waals surface area (Å²) in [4.78, 5) is 30.6. The molecule has 0 spiro atoms. The number of morpholine rings is 1. The Balaban J connectivity index is 1.48. The fourth-order valence-electron chi connectivity index (χ4n) is 3.61. The Hall–Kier alpha value is -2.64. The summed E-state index contributed by atoms with van der Waals surface area (Å²) in [6.07, 6.45) is 0. The van der Waals surface area contributed by atoms with Crippen molar-refractivity contribution in [3.05, 3.63) is 58.9 Å². The van der Waals surface area contributed by atoms with Crippen LogP contribution in [0.4, 0.5) is 15.8 Å². The zero-order valence-electron chi connectivity index (χ0n) is 15.8. The van der Waals surface area contributed by atoms with Gasteiger partial charge in [-0.15, -0.1) is 0 Å². The summed E-state index contributed by atoms with van der Waals surface area (Å²) in [5.41, 5.74) is 2.32. The minimum atomic E-state index is -0.589. The van der Waals surface area contributed by atoms with Gasteiger partial charge in [-0.05, 0) is 35.9 Å². The van der Waals surface area contributed by atoms with Gasteiger partial charge in [-0.25, -0.2) is 4.39 Å². The van der Waals surface area contributed by atoms with Crippen LogP contribution in [0, 0.1) is 5.82 Å². The maximum absolute atomic E-state index is 13.2. The van der Waals surface area contributed by atoms with E-state index in [1.54, 1.807) is 0 Å². The third-order valence-corrected chi connectivity index (χ3v) is 5.55. The van der Waals surface area contributed by atoms with Crippen molar-refractivity contribution < 1.29 is 18.7 Å². The molecule has 29 heavy (non-hydrogen) atoms. The SMILES string of the molecule is O=C1C(=O)N(c2cccc(N3CCOCC3)c2)CCN1Cc1ccc(F)cc1Cl. The van der Waals surface area contributed by atoms with Crippen molar-refractivity contribution in [2.75, 3.05) is 49.2 Å². The quantitative estimate of drug-likeness (QED) is 0.718. The molecule has 2 aromatic rings. The Morgan fingerprint density at radius 1 is 0.931 bits per heavy atom. The molecule has 0 atom stereocenters. The van der Waals surface area contributed by atoms with Crippen molar-refractivity contribution in [3.63, 3.8) is 0 Å². The molecule has 2 heterocycles.